The van der Waals surface area contributed by atoms with Crippen LogP contribution in [-0.2, 0) is 16.1 Å². The van der Waals surface area contributed by atoms with E-state index in [4.69, 9.17) is 5.90 Å². The lowest BCUT2D eigenvalue weighted by atomic mass is 10.1. The number of ketones is 1. The van der Waals surface area contributed by atoms with Crippen LogP contribution in [0.3, 0.4) is 0 Å². The van der Waals surface area contributed by atoms with Gasteiger partial charge in [-0.1, -0.05) is 30.3 Å². The highest BCUT2D eigenvalue weighted by Crippen LogP contribution is 2.05. The lowest BCUT2D eigenvalue weighted by Gasteiger charge is -2.10. The maximum absolute atomic E-state index is 11.0. The first kappa shape index (κ1) is 9.89. The molecule has 13 heavy (non-hydrogen) atoms. The molecule has 2 N–H and O–H groups in total. The van der Waals surface area contributed by atoms with Crippen molar-refractivity contribution in [3.8, 4) is 0 Å². The van der Waals surface area contributed by atoms with E-state index < -0.39 is 6.10 Å². The van der Waals surface area contributed by atoms with Crippen molar-refractivity contribution in [2.24, 2.45) is 5.90 Å². The molecule has 1 aromatic rings. The first-order valence-corrected chi connectivity index (χ1v) is 4.14. The van der Waals surface area contributed by atoms with Crippen molar-refractivity contribution in [1.82, 2.24) is 0 Å². The zero-order valence-electron chi connectivity index (χ0n) is 7.57. The average Bonchev–Trinajstić information content (AvgIpc) is 2.15. The van der Waals surface area contributed by atoms with Gasteiger partial charge in [0, 0.05) is 6.42 Å². The van der Waals surface area contributed by atoms with Gasteiger partial charge < -0.3 is 0 Å². The molecule has 1 aromatic carbocycles. The Kier molecular flexibility index (Phi) is 3.61. The summed E-state index contributed by atoms with van der Waals surface area (Å²) in [4.78, 5) is 15.5. The van der Waals surface area contributed by atoms with E-state index in [0.29, 0.717) is 6.42 Å². The van der Waals surface area contributed by atoms with Crippen molar-refractivity contribution in [3.63, 3.8) is 0 Å². The predicted molar refractivity (Wildman–Crippen MR) is 49.9 cm³/mol. The van der Waals surface area contributed by atoms with Gasteiger partial charge in [0.15, 0.2) is 5.78 Å². The molecule has 3 heteroatoms. The van der Waals surface area contributed by atoms with Crippen molar-refractivity contribution in [2.75, 3.05) is 0 Å². The fraction of sp³-hybridized carbons (Fsp3) is 0.300. The summed E-state index contributed by atoms with van der Waals surface area (Å²) in [5, 5.41) is 0. The lowest BCUT2D eigenvalue weighted by Crippen LogP contribution is -2.27. The third-order valence-corrected chi connectivity index (χ3v) is 1.88. The normalized spacial score (nSPS) is 12.5. The lowest BCUT2D eigenvalue weighted by molar-refractivity contribution is -0.128. The van der Waals surface area contributed by atoms with Crippen LogP contribution in [0.15, 0.2) is 30.3 Å². The van der Waals surface area contributed by atoms with E-state index in [9.17, 15) is 4.79 Å². The van der Waals surface area contributed by atoms with Gasteiger partial charge in [0.25, 0.3) is 0 Å². The molecule has 0 radical (unpaired) electrons. The summed E-state index contributed by atoms with van der Waals surface area (Å²) in [7, 11) is 0. The summed E-state index contributed by atoms with van der Waals surface area (Å²) in [5.74, 6) is 4.95. The standard InChI is InChI=1S/C10H13NO2/c1-8(12)10(13-11)7-9-5-3-2-4-6-9/h2-6,10H,7,11H2,1H3. The van der Waals surface area contributed by atoms with Crippen molar-refractivity contribution in [3.05, 3.63) is 35.9 Å². The molecule has 0 aliphatic heterocycles. The maximum Gasteiger partial charge on any atom is 0.160 e. The second-order valence-electron chi connectivity index (χ2n) is 2.93. The van der Waals surface area contributed by atoms with Gasteiger partial charge >= 0.3 is 0 Å². The SMILES string of the molecule is CC(=O)C(Cc1ccccc1)ON. The molecule has 3 nitrogen and oxygen atoms in total. The summed E-state index contributed by atoms with van der Waals surface area (Å²) in [6.07, 6.45) is 0.00884. The van der Waals surface area contributed by atoms with Crippen molar-refractivity contribution in [2.45, 2.75) is 19.4 Å². The molecule has 0 saturated heterocycles. The summed E-state index contributed by atoms with van der Waals surface area (Å²) in [5.41, 5.74) is 1.05. The molecular formula is C10H13NO2. The summed E-state index contributed by atoms with van der Waals surface area (Å²) in [6.45, 7) is 1.47. The van der Waals surface area contributed by atoms with Crippen LogP contribution in [-0.4, -0.2) is 11.9 Å². The Hall–Kier alpha value is -1.19. The van der Waals surface area contributed by atoms with E-state index >= 15 is 0 Å². The Bertz CT molecular complexity index is 272. The topological polar surface area (TPSA) is 52.3 Å². The van der Waals surface area contributed by atoms with Crippen LogP contribution >= 0.6 is 0 Å². The smallest absolute Gasteiger partial charge is 0.160 e. The van der Waals surface area contributed by atoms with Gasteiger partial charge in [-0.15, -0.1) is 0 Å². The molecule has 0 heterocycles. The number of hydrogen-bond donors (Lipinski definition) is 1. The zero-order valence-corrected chi connectivity index (χ0v) is 7.57. The number of hydrogen-bond acceptors (Lipinski definition) is 3. The number of carbonyl (C=O) groups is 1. The van der Waals surface area contributed by atoms with Crippen LogP contribution in [0.25, 0.3) is 0 Å². The predicted octanol–water partition coefficient (Wildman–Crippen LogP) is 1.08. The highest BCUT2D eigenvalue weighted by atomic mass is 16.6. The number of nitrogens with two attached hydrogens (primary N) is 1. The van der Waals surface area contributed by atoms with Crippen LogP contribution < -0.4 is 5.90 Å². The average molecular weight is 179 g/mol. The molecule has 0 saturated carbocycles. The van der Waals surface area contributed by atoms with Gasteiger partial charge in [-0.25, -0.2) is 5.90 Å². The first-order valence-electron chi connectivity index (χ1n) is 4.14. The van der Waals surface area contributed by atoms with Gasteiger partial charge in [0.2, 0.25) is 0 Å². The van der Waals surface area contributed by atoms with Crippen molar-refractivity contribution < 1.29 is 9.63 Å². The van der Waals surface area contributed by atoms with Crippen LogP contribution in [0.2, 0.25) is 0 Å². The highest BCUT2D eigenvalue weighted by Gasteiger charge is 2.13. The molecule has 0 spiro atoms. The van der Waals surface area contributed by atoms with E-state index in [2.05, 4.69) is 4.84 Å². The van der Waals surface area contributed by atoms with Gasteiger partial charge in [-0.2, -0.15) is 0 Å². The zero-order chi connectivity index (χ0) is 9.68. The number of rotatable bonds is 4. The monoisotopic (exact) mass is 179 g/mol. The van der Waals surface area contributed by atoms with Crippen molar-refractivity contribution >= 4 is 5.78 Å². The summed E-state index contributed by atoms with van der Waals surface area (Å²) in [6, 6.07) is 9.64. The molecule has 1 atom stereocenters. The van der Waals surface area contributed by atoms with Gasteiger partial charge in [0.1, 0.15) is 6.10 Å². The number of carbonyl (C=O) groups excluding carboxylic acids is 1. The fourth-order valence-corrected chi connectivity index (χ4v) is 1.12. The molecule has 0 amide bonds. The van der Waals surface area contributed by atoms with Crippen molar-refractivity contribution in [1.29, 1.82) is 0 Å². The van der Waals surface area contributed by atoms with Crippen LogP contribution in [0.4, 0.5) is 0 Å². The third kappa shape index (κ3) is 2.97. The second-order valence-corrected chi connectivity index (χ2v) is 2.93. The Morgan fingerprint density at radius 3 is 2.54 bits per heavy atom. The molecule has 1 rings (SSSR count). The molecule has 0 aromatic heterocycles. The van der Waals surface area contributed by atoms with Gasteiger partial charge in [-0.05, 0) is 12.5 Å². The minimum atomic E-state index is -0.526. The van der Waals surface area contributed by atoms with E-state index in [0.717, 1.165) is 5.56 Å². The second kappa shape index (κ2) is 4.74. The molecule has 0 bridgehead atoms. The number of Topliss-reactive ketones (excluding diaryl/α,β-unsaturated/α-hetero) is 1. The minimum Gasteiger partial charge on any atom is -0.297 e. The summed E-state index contributed by atoms with van der Waals surface area (Å²) >= 11 is 0. The van der Waals surface area contributed by atoms with E-state index in [-0.39, 0.29) is 5.78 Å². The highest BCUT2D eigenvalue weighted by molar-refractivity contribution is 5.80. The van der Waals surface area contributed by atoms with Crippen LogP contribution in [0.1, 0.15) is 12.5 Å². The molecule has 0 aliphatic rings. The molecule has 70 valence electrons. The largest absolute Gasteiger partial charge is 0.297 e. The third-order valence-electron chi connectivity index (χ3n) is 1.88. The Labute approximate surface area is 77.5 Å². The quantitative estimate of drug-likeness (QED) is 0.703. The van der Waals surface area contributed by atoms with Crippen LogP contribution in [0, 0.1) is 0 Å². The first-order chi connectivity index (χ1) is 6.24. The Balaban J connectivity index is 2.62. The molecule has 0 fully saturated rings. The molecule has 0 aliphatic carbocycles. The maximum atomic E-state index is 11.0. The van der Waals surface area contributed by atoms with Gasteiger partial charge in [-0.3, -0.25) is 9.63 Å². The van der Waals surface area contributed by atoms with E-state index in [1.807, 2.05) is 30.3 Å². The van der Waals surface area contributed by atoms with E-state index in [1.54, 1.807) is 0 Å². The molecular weight excluding hydrogens is 166 g/mol. The fourth-order valence-electron chi connectivity index (χ4n) is 1.12. The minimum absolute atomic E-state index is 0.0497. The molecule has 1 unspecified atom stereocenters. The Morgan fingerprint density at radius 2 is 2.08 bits per heavy atom. The summed E-state index contributed by atoms with van der Waals surface area (Å²) < 4.78 is 0. The van der Waals surface area contributed by atoms with E-state index in [1.165, 1.54) is 6.92 Å². The van der Waals surface area contributed by atoms with Gasteiger partial charge in [0.05, 0.1) is 0 Å². The Morgan fingerprint density at radius 1 is 1.46 bits per heavy atom. The number of benzene rings is 1. The van der Waals surface area contributed by atoms with Crippen LogP contribution in [0.5, 0.6) is 0 Å².